The summed E-state index contributed by atoms with van der Waals surface area (Å²) in [5.74, 6) is 0.250. The first kappa shape index (κ1) is 17.7. The highest BCUT2D eigenvalue weighted by Gasteiger charge is 2.29. The lowest BCUT2D eigenvalue weighted by Crippen LogP contribution is -2.05. The minimum atomic E-state index is -4.40. The molecule has 1 aromatic heterocycles. The number of alkyl halides is 3. The van der Waals surface area contributed by atoms with Crippen molar-refractivity contribution >= 4 is 16.6 Å². The molecule has 0 spiro atoms. The van der Waals surface area contributed by atoms with Crippen molar-refractivity contribution in [3.05, 3.63) is 75.5 Å². The molecule has 0 unspecified atom stereocenters. The number of nitrogens with zero attached hydrogens (tertiary/aromatic N) is 2. The van der Waals surface area contributed by atoms with Gasteiger partial charge in [-0.3, -0.25) is 10.1 Å². The summed E-state index contributed by atoms with van der Waals surface area (Å²) in [5, 5.41) is 11.9. The van der Waals surface area contributed by atoms with Crippen molar-refractivity contribution < 1.29 is 22.8 Å². The van der Waals surface area contributed by atoms with Gasteiger partial charge in [-0.2, -0.15) is 13.2 Å². The maximum absolute atomic E-state index is 12.6. The van der Waals surface area contributed by atoms with Crippen molar-refractivity contribution in [3.63, 3.8) is 0 Å². The minimum Gasteiger partial charge on any atom is -0.489 e. The molecular formula is C18H13F3N2O3. The number of aromatic nitrogens is 1. The molecule has 2 aromatic carbocycles. The number of hydrogen-bond donors (Lipinski definition) is 0. The van der Waals surface area contributed by atoms with Gasteiger partial charge >= 0.3 is 6.18 Å². The fraction of sp³-hybridized carbons (Fsp3) is 0.167. The van der Waals surface area contributed by atoms with Crippen LogP contribution in [0.25, 0.3) is 10.9 Å². The van der Waals surface area contributed by atoms with Crippen molar-refractivity contribution in [3.8, 4) is 5.75 Å². The molecule has 0 aliphatic heterocycles. The van der Waals surface area contributed by atoms with Gasteiger partial charge in [0.05, 0.1) is 16.6 Å². The fourth-order valence-corrected chi connectivity index (χ4v) is 2.52. The van der Waals surface area contributed by atoms with Gasteiger partial charge in [-0.05, 0) is 42.3 Å². The van der Waals surface area contributed by atoms with Crippen molar-refractivity contribution in [1.82, 2.24) is 4.98 Å². The third kappa shape index (κ3) is 3.58. The second kappa shape index (κ2) is 6.62. The van der Waals surface area contributed by atoms with Gasteiger partial charge in [0.25, 0.3) is 5.69 Å². The summed E-state index contributed by atoms with van der Waals surface area (Å²) >= 11 is 0. The van der Waals surface area contributed by atoms with Crippen LogP contribution < -0.4 is 4.74 Å². The van der Waals surface area contributed by atoms with E-state index in [1.807, 2.05) is 0 Å². The standard InChI is InChI=1S/C18H13F3N2O3/c1-11-6-7-22-17-15(11)8-14(9-16(17)23(24)25)26-10-12-2-4-13(5-3-12)18(19,20)21/h2-9H,10H2,1H3. The first-order valence-corrected chi connectivity index (χ1v) is 7.58. The molecule has 0 saturated heterocycles. The molecule has 0 amide bonds. The summed E-state index contributed by atoms with van der Waals surface area (Å²) in [4.78, 5) is 14.8. The van der Waals surface area contributed by atoms with E-state index >= 15 is 0 Å². The Hall–Kier alpha value is -3.16. The Morgan fingerprint density at radius 3 is 2.46 bits per heavy atom. The number of fused-ring (bicyclic) bond motifs is 1. The Balaban J connectivity index is 1.87. The van der Waals surface area contributed by atoms with E-state index in [9.17, 15) is 23.3 Å². The summed E-state index contributed by atoms with van der Waals surface area (Å²) in [6.45, 7) is 1.79. The summed E-state index contributed by atoms with van der Waals surface area (Å²) in [6, 6.07) is 9.18. The number of pyridine rings is 1. The molecule has 0 aliphatic rings. The smallest absolute Gasteiger partial charge is 0.416 e. The molecule has 5 nitrogen and oxygen atoms in total. The molecule has 0 aliphatic carbocycles. The summed E-state index contributed by atoms with van der Waals surface area (Å²) < 4.78 is 43.3. The van der Waals surface area contributed by atoms with E-state index in [0.717, 1.165) is 17.7 Å². The predicted octanol–water partition coefficient (Wildman–Crippen LogP) is 5.05. The number of non-ortho nitro benzene ring substituents is 1. The van der Waals surface area contributed by atoms with E-state index in [1.165, 1.54) is 24.4 Å². The predicted molar refractivity (Wildman–Crippen MR) is 88.9 cm³/mol. The number of ether oxygens (including phenoxy) is 1. The lowest BCUT2D eigenvalue weighted by atomic mass is 10.1. The van der Waals surface area contributed by atoms with Crippen LogP contribution in [0.5, 0.6) is 5.75 Å². The zero-order valence-electron chi connectivity index (χ0n) is 13.6. The number of benzene rings is 2. The van der Waals surface area contributed by atoms with Crippen molar-refractivity contribution in [2.45, 2.75) is 19.7 Å². The molecule has 0 bridgehead atoms. The SMILES string of the molecule is Cc1ccnc2c([N+](=O)[O-])cc(OCc3ccc(C(F)(F)F)cc3)cc12. The van der Waals surface area contributed by atoms with E-state index in [0.29, 0.717) is 10.9 Å². The molecule has 0 fully saturated rings. The lowest BCUT2D eigenvalue weighted by Gasteiger charge is -2.10. The molecule has 134 valence electrons. The highest BCUT2D eigenvalue weighted by Crippen LogP contribution is 2.32. The average molecular weight is 362 g/mol. The minimum absolute atomic E-state index is 0.0138. The zero-order chi connectivity index (χ0) is 18.9. The normalized spacial score (nSPS) is 11.5. The van der Waals surface area contributed by atoms with Crippen LogP contribution in [0.2, 0.25) is 0 Å². The van der Waals surface area contributed by atoms with Crippen LogP contribution in [0.1, 0.15) is 16.7 Å². The van der Waals surface area contributed by atoms with Crippen molar-refractivity contribution in [2.75, 3.05) is 0 Å². The number of halogens is 3. The third-order valence-corrected chi connectivity index (χ3v) is 3.90. The van der Waals surface area contributed by atoms with Gasteiger partial charge in [-0.15, -0.1) is 0 Å². The van der Waals surface area contributed by atoms with E-state index in [-0.39, 0.29) is 23.6 Å². The zero-order valence-corrected chi connectivity index (χ0v) is 13.6. The van der Waals surface area contributed by atoms with E-state index in [1.54, 1.807) is 19.1 Å². The van der Waals surface area contributed by atoms with E-state index in [4.69, 9.17) is 4.74 Å². The monoisotopic (exact) mass is 362 g/mol. The van der Waals surface area contributed by atoms with Crippen LogP contribution in [-0.4, -0.2) is 9.91 Å². The molecule has 0 atom stereocenters. The number of aryl methyl sites for hydroxylation is 1. The fourth-order valence-electron chi connectivity index (χ4n) is 2.52. The summed E-state index contributed by atoms with van der Waals surface area (Å²) in [6.07, 6.45) is -2.91. The molecule has 1 heterocycles. The van der Waals surface area contributed by atoms with Crippen LogP contribution in [0.15, 0.2) is 48.7 Å². The first-order chi connectivity index (χ1) is 12.3. The van der Waals surface area contributed by atoms with Crippen molar-refractivity contribution in [2.24, 2.45) is 0 Å². The Kier molecular flexibility index (Phi) is 4.50. The van der Waals surface area contributed by atoms with Gasteiger partial charge in [-0.1, -0.05) is 12.1 Å². The Bertz CT molecular complexity index is 970. The molecular weight excluding hydrogens is 349 g/mol. The van der Waals surface area contributed by atoms with Crippen molar-refractivity contribution in [1.29, 1.82) is 0 Å². The van der Waals surface area contributed by atoms with Gasteiger partial charge < -0.3 is 4.74 Å². The van der Waals surface area contributed by atoms with Crippen LogP contribution in [0.4, 0.5) is 18.9 Å². The van der Waals surface area contributed by atoms with Gasteiger partial charge in [0.15, 0.2) is 0 Å². The largest absolute Gasteiger partial charge is 0.489 e. The molecule has 0 saturated carbocycles. The van der Waals surface area contributed by atoms with E-state index < -0.39 is 16.7 Å². The topological polar surface area (TPSA) is 65.3 Å². The highest BCUT2D eigenvalue weighted by atomic mass is 19.4. The van der Waals surface area contributed by atoms with E-state index in [2.05, 4.69) is 4.98 Å². The van der Waals surface area contributed by atoms with Gasteiger partial charge in [0.2, 0.25) is 0 Å². The maximum atomic E-state index is 12.6. The van der Waals surface area contributed by atoms with Crippen LogP contribution in [-0.2, 0) is 12.8 Å². The molecule has 3 aromatic rings. The quantitative estimate of drug-likeness (QED) is 0.481. The summed E-state index contributed by atoms with van der Waals surface area (Å²) in [7, 11) is 0. The second-order valence-electron chi connectivity index (χ2n) is 5.71. The number of hydrogen-bond acceptors (Lipinski definition) is 4. The van der Waals surface area contributed by atoms with Crippen LogP contribution >= 0.6 is 0 Å². The molecule has 26 heavy (non-hydrogen) atoms. The summed E-state index contributed by atoms with van der Waals surface area (Å²) in [5.41, 5.74) is 0.650. The third-order valence-electron chi connectivity index (χ3n) is 3.90. The number of rotatable bonds is 4. The Morgan fingerprint density at radius 1 is 1.15 bits per heavy atom. The molecule has 0 radical (unpaired) electrons. The van der Waals surface area contributed by atoms with Gasteiger partial charge in [-0.25, -0.2) is 4.98 Å². The lowest BCUT2D eigenvalue weighted by molar-refractivity contribution is -0.383. The van der Waals surface area contributed by atoms with Crippen LogP contribution in [0, 0.1) is 17.0 Å². The second-order valence-corrected chi connectivity index (χ2v) is 5.71. The highest BCUT2D eigenvalue weighted by molar-refractivity contribution is 5.90. The van der Waals surface area contributed by atoms with Gasteiger partial charge in [0, 0.05) is 11.6 Å². The maximum Gasteiger partial charge on any atom is 0.416 e. The molecule has 8 heteroatoms. The van der Waals surface area contributed by atoms with Crippen LogP contribution in [0.3, 0.4) is 0 Å². The molecule has 0 N–H and O–H groups in total. The Morgan fingerprint density at radius 2 is 1.85 bits per heavy atom. The number of nitro benzene ring substituents is 1. The van der Waals surface area contributed by atoms with Gasteiger partial charge in [0.1, 0.15) is 17.9 Å². The average Bonchev–Trinajstić information content (AvgIpc) is 2.59. The Labute approximate surface area is 146 Å². The number of nitro groups is 1. The molecule has 3 rings (SSSR count). The first-order valence-electron chi connectivity index (χ1n) is 7.58.